The Bertz CT molecular complexity index is 1330. The van der Waals surface area contributed by atoms with Crippen LogP contribution in [0.1, 0.15) is 43.7 Å². The number of carbonyl (C=O) groups is 4. The Morgan fingerprint density at radius 3 is 1.71 bits per heavy atom. The summed E-state index contributed by atoms with van der Waals surface area (Å²) in [7, 11) is 0. The summed E-state index contributed by atoms with van der Waals surface area (Å²) in [6.45, 7) is 5.79. The average Bonchev–Trinajstić information content (AvgIpc) is 3.32. The second-order valence-electron chi connectivity index (χ2n) is 10.1. The second-order valence-corrected chi connectivity index (χ2v) is 10.1. The van der Waals surface area contributed by atoms with Crippen molar-refractivity contribution < 1.29 is 19.2 Å². The molecule has 0 radical (unpaired) electrons. The van der Waals surface area contributed by atoms with Crippen molar-refractivity contribution in [2.45, 2.75) is 46.5 Å². The molecule has 4 amide bonds. The number of hydrogen-bond donors (Lipinski definition) is 0. The highest BCUT2D eigenvalue weighted by Gasteiger charge is 2.67. The molecule has 0 bridgehead atoms. The molecular formula is C31H31N3O4. The monoisotopic (exact) mass is 509 g/mol. The Labute approximate surface area is 222 Å². The van der Waals surface area contributed by atoms with Crippen LogP contribution in [-0.2, 0) is 19.2 Å². The predicted octanol–water partition coefficient (Wildman–Crippen LogP) is 5.35. The van der Waals surface area contributed by atoms with E-state index in [1.165, 1.54) is 10.0 Å². The first-order valence-corrected chi connectivity index (χ1v) is 13.0. The summed E-state index contributed by atoms with van der Waals surface area (Å²) in [6, 6.07) is 23.5. The van der Waals surface area contributed by atoms with E-state index in [9.17, 15) is 19.2 Å². The van der Waals surface area contributed by atoms with Crippen LogP contribution in [-0.4, -0.2) is 23.6 Å². The van der Waals surface area contributed by atoms with Crippen LogP contribution < -0.4 is 14.9 Å². The van der Waals surface area contributed by atoms with Crippen molar-refractivity contribution in [1.29, 1.82) is 0 Å². The fourth-order valence-electron chi connectivity index (χ4n) is 5.76. The zero-order valence-electron chi connectivity index (χ0n) is 21.9. The van der Waals surface area contributed by atoms with Gasteiger partial charge in [-0.25, -0.2) is 10.0 Å². The lowest BCUT2D eigenvalue weighted by Gasteiger charge is -2.29. The molecule has 3 aromatic rings. The highest BCUT2D eigenvalue weighted by atomic mass is 16.2. The van der Waals surface area contributed by atoms with Crippen molar-refractivity contribution in [3.63, 3.8) is 0 Å². The summed E-state index contributed by atoms with van der Waals surface area (Å²) in [5.74, 6) is -2.94. The third-order valence-corrected chi connectivity index (χ3v) is 7.48. The molecule has 5 rings (SSSR count). The van der Waals surface area contributed by atoms with Crippen molar-refractivity contribution >= 4 is 40.7 Å². The number of carbonyl (C=O) groups excluding carboxylic acids is 4. The second kappa shape index (κ2) is 9.89. The molecule has 2 heterocycles. The Balaban J connectivity index is 1.66. The van der Waals surface area contributed by atoms with Crippen molar-refractivity contribution in [2.24, 2.45) is 11.3 Å². The van der Waals surface area contributed by atoms with Gasteiger partial charge in [-0.2, -0.15) is 0 Å². The Hall–Kier alpha value is -4.26. The van der Waals surface area contributed by atoms with Crippen LogP contribution in [0.2, 0.25) is 0 Å². The summed E-state index contributed by atoms with van der Waals surface area (Å²) in [5.41, 5.74) is 1.67. The van der Waals surface area contributed by atoms with E-state index in [1.807, 2.05) is 39.0 Å². The number of hydrogen-bond acceptors (Lipinski definition) is 4. The maximum atomic E-state index is 14.5. The van der Waals surface area contributed by atoms with Crippen LogP contribution in [0.4, 0.5) is 17.1 Å². The number of para-hydroxylation sites is 2. The molecule has 7 nitrogen and oxygen atoms in total. The molecule has 2 fully saturated rings. The van der Waals surface area contributed by atoms with Gasteiger partial charge in [-0.1, -0.05) is 62.2 Å². The van der Waals surface area contributed by atoms with Gasteiger partial charge in [0.2, 0.25) is 11.8 Å². The Morgan fingerprint density at radius 2 is 1.24 bits per heavy atom. The topological polar surface area (TPSA) is 78.0 Å². The minimum absolute atomic E-state index is 0.179. The summed E-state index contributed by atoms with van der Waals surface area (Å²) in [5, 5.41) is 2.76. The molecule has 0 unspecified atom stereocenters. The van der Waals surface area contributed by atoms with E-state index in [4.69, 9.17) is 0 Å². The Morgan fingerprint density at radius 1 is 0.737 bits per heavy atom. The van der Waals surface area contributed by atoms with E-state index in [0.717, 1.165) is 22.4 Å². The van der Waals surface area contributed by atoms with Crippen LogP contribution in [0.3, 0.4) is 0 Å². The Kier molecular flexibility index (Phi) is 6.61. The number of nitrogens with zero attached hydrogens (tertiary/aromatic N) is 3. The number of rotatable bonds is 7. The third-order valence-electron chi connectivity index (χ3n) is 7.48. The van der Waals surface area contributed by atoms with Crippen LogP contribution in [0, 0.1) is 25.2 Å². The molecule has 0 N–H and O–H groups in total. The molecule has 38 heavy (non-hydrogen) atoms. The van der Waals surface area contributed by atoms with Crippen LogP contribution in [0.15, 0.2) is 78.9 Å². The molecule has 7 heteroatoms. The van der Waals surface area contributed by atoms with Gasteiger partial charge < -0.3 is 0 Å². The van der Waals surface area contributed by atoms with Gasteiger partial charge in [0.15, 0.2) is 0 Å². The third kappa shape index (κ3) is 3.99. The van der Waals surface area contributed by atoms with Crippen LogP contribution >= 0.6 is 0 Å². The first-order chi connectivity index (χ1) is 18.3. The highest BCUT2D eigenvalue weighted by molar-refractivity contribution is 6.31. The van der Waals surface area contributed by atoms with E-state index in [1.54, 1.807) is 60.7 Å². The largest absolute Gasteiger partial charge is 0.274 e. The quantitative estimate of drug-likeness (QED) is 0.318. The molecular weight excluding hydrogens is 478 g/mol. The maximum Gasteiger partial charge on any atom is 0.262 e. The number of hydrazine groups is 1. The lowest BCUT2D eigenvalue weighted by Crippen LogP contribution is -2.47. The minimum atomic E-state index is -1.69. The molecule has 2 saturated heterocycles. The van der Waals surface area contributed by atoms with Gasteiger partial charge in [0.1, 0.15) is 5.41 Å². The van der Waals surface area contributed by atoms with Gasteiger partial charge in [-0.05, 0) is 67.8 Å². The number of anilines is 3. The predicted molar refractivity (Wildman–Crippen MR) is 146 cm³/mol. The molecule has 3 aromatic carbocycles. The van der Waals surface area contributed by atoms with Crippen molar-refractivity contribution in [3.05, 3.63) is 90.0 Å². The van der Waals surface area contributed by atoms with E-state index in [0.29, 0.717) is 23.5 Å². The van der Waals surface area contributed by atoms with Crippen molar-refractivity contribution in [1.82, 2.24) is 0 Å². The first kappa shape index (κ1) is 25.4. The van der Waals surface area contributed by atoms with Gasteiger partial charge in [0.05, 0.1) is 23.0 Å². The van der Waals surface area contributed by atoms with E-state index < -0.39 is 35.0 Å². The standard InChI is InChI=1S/C31H31N3O4/c1-4-5-16-31(26-20-27(35)32(28(26)36)25-18-21(2)17-22(3)19-25)29(37)33(23-12-8-6-9-13-23)34(30(31)38)24-14-10-7-11-15-24/h6-15,17-19,26H,4-5,16,20H2,1-3H3/t26-/m1/s1. The number of amides is 4. The van der Waals surface area contributed by atoms with Gasteiger partial charge in [0.25, 0.3) is 11.8 Å². The molecule has 0 aromatic heterocycles. The van der Waals surface area contributed by atoms with E-state index in [2.05, 4.69) is 0 Å². The fourth-order valence-corrected chi connectivity index (χ4v) is 5.76. The van der Waals surface area contributed by atoms with E-state index in [-0.39, 0.29) is 12.8 Å². The number of aryl methyl sites for hydroxylation is 2. The molecule has 0 spiro atoms. The summed E-state index contributed by atoms with van der Waals surface area (Å²) in [4.78, 5) is 57.6. The van der Waals surface area contributed by atoms with E-state index >= 15 is 0 Å². The smallest absolute Gasteiger partial charge is 0.262 e. The lowest BCUT2D eigenvalue weighted by molar-refractivity contribution is -0.144. The van der Waals surface area contributed by atoms with Gasteiger partial charge in [-0.15, -0.1) is 0 Å². The number of imide groups is 1. The van der Waals surface area contributed by atoms with Crippen molar-refractivity contribution in [2.75, 3.05) is 14.9 Å². The summed E-state index contributed by atoms with van der Waals surface area (Å²) in [6.07, 6.45) is 1.27. The number of benzene rings is 3. The summed E-state index contributed by atoms with van der Waals surface area (Å²) < 4.78 is 0. The summed E-state index contributed by atoms with van der Waals surface area (Å²) >= 11 is 0. The molecule has 0 aliphatic carbocycles. The van der Waals surface area contributed by atoms with Gasteiger partial charge in [-0.3, -0.25) is 24.1 Å². The highest BCUT2D eigenvalue weighted by Crippen LogP contribution is 2.50. The maximum absolute atomic E-state index is 14.5. The average molecular weight is 510 g/mol. The molecule has 2 aliphatic rings. The molecule has 1 atom stereocenters. The lowest BCUT2D eigenvalue weighted by atomic mass is 9.70. The molecule has 0 saturated carbocycles. The van der Waals surface area contributed by atoms with Crippen LogP contribution in [0.5, 0.6) is 0 Å². The van der Waals surface area contributed by atoms with Crippen molar-refractivity contribution in [3.8, 4) is 0 Å². The molecule has 2 aliphatic heterocycles. The zero-order chi connectivity index (χ0) is 27.0. The number of unbranched alkanes of at least 4 members (excludes halogenated alkanes) is 1. The normalized spacial score (nSPS) is 19.1. The fraction of sp³-hybridized carbons (Fsp3) is 0.290. The van der Waals surface area contributed by atoms with Crippen LogP contribution in [0.25, 0.3) is 0 Å². The minimum Gasteiger partial charge on any atom is -0.274 e. The SMILES string of the molecule is CCCCC1([C@@H]2CC(=O)N(c3cc(C)cc(C)c3)C2=O)C(=O)N(c2ccccc2)N(c2ccccc2)C1=O. The van der Waals surface area contributed by atoms with Gasteiger partial charge >= 0.3 is 0 Å². The zero-order valence-corrected chi connectivity index (χ0v) is 21.9. The van der Waals surface area contributed by atoms with Gasteiger partial charge in [0, 0.05) is 6.42 Å². The first-order valence-electron chi connectivity index (χ1n) is 13.0. The molecule has 194 valence electrons.